The lowest BCUT2D eigenvalue weighted by atomic mass is 9.97. The predicted molar refractivity (Wildman–Crippen MR) is 66.7 cm³/mol. The van der Waals surface area contributed by atoms with Crippen LogP contribution < -0.4 is 0 Å². The highest BCUT2D eigenvalue weighted by Crippen LogP contribution is 2.28. The van der Waals surface area contributed by atoms with E-state index in [1.54, 1.807) is 0 Å². The second-order valence-corrected chi connectivity index (χ2v) is 6.02. The second-order valence-electron chi connectivity index (χ2n) is 6.02. The van der Waals surface area contributed by atoms with Crippen LogP contribution in [-0.4, -0.2) is 58.6 Å². The molecule has 4 nitrogen and oxygen atoms in total. The number of amides is 1. The summed E-state index contributed by atoms with van der Waals surface area (Å²) in [5, 5.41) is 10.1. The summed E-state index contributed by atoms with van der Waals surface area (Å²) in [5.41, 5.74) is -0.713. The molecule has 1 N–H and O–H groups in total. The maximum Gasteiger partial charge on any atom is 0.236 e. The molecule has 0 radical (unpaired) electrons. The molecule has 1 saturated carbocycles. The molecule has 1 amide bonds. The minimum atomic E-state index is -0.713. The van der Waals surface area contributed by atoms with Gasteiger partial charge in [-0.25, -0.2) is 0 Å². The first-order valence-electron chi connectivity index (χ1n) is 6.61. The van der Waals surface area contributed by atoms with E-state index in [0.717, 1.165) is 32.2 Å². The molecule has 17 heavy (non-hydrogen) atoms. The van der Waals surface area contributed by atoms with E-state index in [0.29, 0.717) is 12.6 Å². The van der Waals surface area contributed by atoms with E-state index < -0.39 is 5.60 Å². The van der Waals surface area contributed by atoms with Crippen LogP contribution in [0, 0.1) is 0 Å². The molecule has 0 aromatic heterocycles. The lowest BCUT2D eigenvalue weighted by Gasteiger charge is -2.34. The van der Waals surface area contributed by atoms with Gasteiger partial charge in [0, 0.05) is 19.1 Å². The fraction of sp³-hybridized carbons (Fsp3) is 0.923. The second kappa shape index (κ2) is 4.58. The molecule has 2 aliphatic rings. The molecule has 0 spiro atoms. The number of aliphatic hydroxyl groups is 1. The summed E-state index contributed by atoms with van der Waals surface area (Å²) in [6.07, 6.45) is 4.37. The highest BCUT2D eigenvalue weighted by Gasteiger charge is 2.38. The van der Waals surface area contributed by atoms with Crippen LogP contribution in [0.3, 0.4) is 0 Å². The first-order valence-corrected chi connectivity index (χ1v) is 6.61. The zero-order chi connectivity index (χ0) is 12.6. The van der Waals surface area contributed by atoms with Crippen molar-refractivity contribution in [2.45, 2.75) is 57.2 Å². The van der Waals surface area contributed by atoms with E-state index in [1.165, 1.54) is 0 Å². The molecule has 1 aliphatic carbocycles. The summed E-state index contributed by atoms with van der Waals surface area (Å²) in [5.74, 6) is 0.198. The molecule has 98 valence electrons. The molecule has 1 aliphatic heterocycles. The van der Waals surface area contributed by atoms with Gasteiger partial charge in [0.2, 0.25) is 5.91 Å². The molecule has 1 heterocycles. The summed E-state index contributed by atoms with van der Waals surface area (Å²) in [6.45, 7) is 5.07. The van der Waals surface area contributed by atoms with Crippen LogP contribution >= 0.6 is 0 Å². The van der Waals surface area contributed by atoms with Crippen molar-refractivity contribution in [3.8, 4) is 0 Å². The number of hydrogen-bond acceptors (Lipinski definition) is 3. The molecule has 1 unspecified atom stereocenters. The Morgan fingerprint density at radius 2 is 2.06 bits per heavy atom. The molecule has 0 aromatic carbocycles. The highest BCUT2D eigenvalue weighted by atomic mass is 16.3. The van der Waals surface area contributed by atoms with Crippen LogP contribution in [0.25, 0.3) is 0 Å². The zero-order valence-corrected chi connectivity index (χ0v) is 11.1. The first kappa shape index (κ1) is 12.8. The van der Waals surface area contributed by atoms with Crippen LogP contribution in [0.4, 0.5) is 0 Å². The Morgan fingerprint density at radius 3 is 2.59 bits per heavy atom. The van der Waals surface area contributed by atoms with E-state index >= 15 is 0 Å². The van der Waals surface area contributed by atoms with Crippen molar-refractivity contribution in [1.29, 1.82) is 0 Å². The minimum Gasteiger partial charge on any atom is -0.389 e. The lowest BCUT2D eigenvalue weighted by Crippen LogP contribution is -2.49. The van der Waals surface area contributed by atoms with Gasteiger partial charge in [0.25, 0.3) is 0 Å². The summed E-state index contributed by atoms with van der Waals surface area (Å²) in [6, 6.07) is 0.602. The SMILES string of the molecule is CN(C(=O)CN1CCCC1C(C)(C)O)C1CC1. The smallest absolute Gasteiger partial charge is 0.236 e. The third kappa shape index (κ3) is 2.99. The summed E-state index contributed by atoms with van der Waals surface area (Å²) >= 11 is 0. The molecule has 0 aromatic rings. The molecule has 1 saturated heterocycles. The van der Waals surface area contributed by atoms with Crippen LogP contribution in [0.15, 0.2) is 0 Å². The molecular formula is C13H24N2O2. The first-order chi connectivity index (χ1) is 7.89. The Balaban J connectivity index is 1.91. The van der Waals surface area contributed by atoms with Crippen molar-refractivity contribution in [2.75, 3.05) is 20.1 Å². The average Bonchev–Trinajstić information content (AvgIpc) is 2.96. The van der Waals surface area contributed by atoms with Crippen LogP contribution in [0.2, 0.25) is 0 Å². The fourth-order valence-corrected chi connectivity index (χ4v) is 2.77. The molecule has 4 heteroatoms. The number of likely N-dealkylation sites (N-methyl/N-ethyl adjacent to an activating group) is 1. The maximum absolute atomic E-state index is 12.1. The largest absolute Gasteiger partial charge is 0.389 e. The van der Waals surface area contributed by atoms with Crippen molar-refractivity contribution in [1.82, 2.24) is 9.80 Å². The third-order valence-electron chi connectivity index (χ3n) is 4.01. The van der Waals surface area contributed by atoms with Crippen LogP contribution in [0.5, 0.6) is 0 Å². The Kier molecular flexibility index (Phi) is 3.46. The lowest BCUT2D eigenvalue weighted by molar-refractivity contribution is -0.132. The van der Waals surface area contributed by atoms with Gasteiger partial charge in [-0.2, -0.15) is 0 Å². The number of likely N-dealkylation sites (tertiary alicyclic amines) is 1. The van der Waals surface area contributed by atoms with E-state index in [-0.39, 0.29) is 11.9 Å². The third-order valence-corrected chi connectivity index (χ3v) is 4.01. The number of hydrogen-bond donors (Lipinski definition) is 1. The Bertz CT molecular complexity index is 294. The summed E-state index contributed by atoms with van der Waals surface area (Å²) < 4.78 is 0. The summed E-state index contributed by atoms with van der Waals surface area (Å²) in [7, 11) is 1.90. The summed E-state index contributed by atoms with van der Waals surface area (Å²) in [4.78, 5) is 16.1. The molecule has 2 rings (SSSR count). The Morgan fingerprint density at radius 1 is 1.41 bits per heavy atom. The standard InChI is InChI=1S/C13H24N2O2/c1-13(2,17)11-5-4-8-15(11)9-12(16)14(3)10-6-7-10/h10-11,17H,4-9H2,1-3H3. The monoisotopic (exact) mass is 240 g/mol. The van der Waals surface area contributed by atoms with Gasteiger partial charge in [-0.1, -0.05) is 0 Å². The van der Waals surface area contributed by atoms with Gasteiger partial charge in [0.1, 0.15) is 0 Å². The molecule has 0 bridgehead atoms. The van der Waals surface area contributed by atoms with Gasteiger partial charge in [-0.15, -0.1) is 0 Å². The number of carbonyl (C=O) groups excluding carboxylic acids is 1. The highest BCUT2D eigenvalue weighted by molar-refractivity contribution is 5.78. The van der Waals surface area contributed by atoms with E-state index in [1.807, 2.05) is 25.8 Å². The van der Waals surface area contributed by atoms with Gasteiger partial charge in [-0.05, 0) is 46.1 Å². The minimum absolute atomic E-state index is 0.124. The van der Waals surface area contributed by atoms with E-state index in [4.69, 9.17) is 0 Å². The van der Waals surface area contributed by atoms with E-state index in [2.05, 4.69) is 4.90 Å². The van der Waals surface area contributed by atoms with Gasteiger partial charge < -0.3 is 10.0 Å². The molecular weight excluding hydrogens is 216 g/mol. The van der Waals surface area contributed by atoms with Crippen LogP contribution in [-0.2, 0) is 4.79 Å². The topological polar surface area (TPSA) is 43.8 Å². The molecule has 2 fully saturated rings. The normalized spacial score (nSPS) is 26.2. The van der Waals surface area contributed by atoms with Crippen molar-refractivity contribution in [2.24, 2.45) is 0 Å². The zero-order valence-electron chi connectivity index (χ0n) is 11.1. The molecule has 1 atom stereocenters. The average molecular weight is 240 g/mol. The number of nitrogens with zero attached hydrogens (tertiary/aromatic N) is 2. The Labute approximate surface area is 104 Å². The number of rotatable bonds is 4. The number of carbonyl (C=O) groups is 1. The maximum atomic E-state index is 12.1. The van der Waals surface area contributed by atoms with Gasteiger partial charge >= 0.3 is 0 Å². The predicted octanol–water partition coefficient (Wildman–Crippen LogP) is 0.842. The quantitative estimate of drug-likeness (QED) is 0.792. The van der Waals surface area contributed by atoms with Gasteiger partial charge in [0.15, 0.2) is 0 Å². The van der Waals surface area contributed by atoms with Crippen molar-refractivity contribution in [3.05, 3.63) is 0 Å². The van der Waals surface area contributed by atoms with Crippen LogP contribution in [0.1, 0.15) is 39.5 Å². The fourth-order valence-electron chi connectivity index (χ4n) is 2.77. The van der Waals surface area contributed by atoms with E-state index in [9.17, 15) is 9.90 Å². The van der Waals surface area contributed by atoms with Crippen molar-refractivity contribution >= 4 is 5.91 Å². The van der Waals surface area contributed by atoms with Crippen molar-refractivity contribution in [3.63, 3.8) is 0 Å². The Hall–Kier alpha value is -0.610. The van der Waals surface area contributed by atoms with Crippen molar-refractivity contribution < 1.29 is 9.90 Å². The van der Waals surface area contributed by atoms with Gasteiger partial charge in [-0.3, -0.25) is 9.69 Å². The van der Waals surface area contributed by atoms with Gasteiger partial charge in [0.05, 0.1) is 12.1 Å².